The molecule has 0 aliphatic heterocycles. The standard InChI is InChI=1S/C20H20BrN3S2.C3H7NO.C3H8.C2H4O2.C2H6/c1-3-8-24(2)10-18-22-9-17(23-18)14-6-4-13(5-7-14)15-11-25-20-16(21)12-26-19(15)20;1-4-2-3-5;1-3-2;1-4-2-3;1-2/h4-7,9,11-12H,3,8,10H2,1-2H3,(H,22,23);3-4H,2H2,1H3;3H2,1-2H3;2H,1H3;1-2H3. The summed E-state index contributed by atoms with van der Waals surface area (Å²) in [6, 6.07) is 8.76. The Balaban J connectivity index is 0.000000916. The summed E-state index contributed by atoms with van der Waals surface area (Å²) in [6.45, 7) is 13.2. The third kappa shape index (κ3) is 13.3. The molecule has 0 atom stereocenters. The van der Waals surface area contributed by atoms with Gasteiger partial charge in [-0.05, 0) is 54.1 Å². The molecular formula is C30H45BrN4O3S2. The largest absolute Gasteiger partial charge is 0.471 e. The summed E-state index contributed by atoms with van der Waals surface area (Å²) in [5, 5.41) is 7.07. The van der Waals surface area contributed by atoms with Crippen molar-refractivity contribution in [3.63, 3.8) is 0 Å². The first-order valence-corrected chi connectivity index (χ1v) is 16.0. The average molecular weight is 654 g/mol. The Labute approximate surface area is 256 Å². The van der Waals surface area contributed by atoms with Gasteiger partial charge in [-0.3, -0.25) is 9.69 Å². The second kappa shape index (κ2) is 23.3. The summed E-state index contributed by atoms with van der Waals surface area (Å²) in [5.74, 6) is 1.02. The third-order valence-corrected chi connectivity index (χ3v) is 8.13. The average Bonchev–Trinajstić information content (AvgIpc) is 3.70. The van der Waals surface area contributed by atoms with Crippen LogP contribution in [-0.4, -0.2) is 61.9 Å². The van der Waals surface area contributed by atoms with Crippen molar-refractivity contribution in [1.29, 1.82) is 0 Å². The smallest absolute Gasteiger partial charge is 0.292 e. The normalized spacial score (nSPS) is 9.65. The number of aromatic nitrogens is 2. The molecule has 0 aliphatic rings. The Hall–Kier alpha value is -2.37. The first kappa shape index (κ1) is 37.6. The lowest BCUT2D eigenvalue weighted by molar-refractivity contribution is -0.126. The van der Waals surface area contributed by atoms with E-state index in [2.05, 4.69) is 104 Å². The van der Waals surface area contributed by atoms with Crippen molar-refractivity contribution in [2.75, 3.05) is 34.3 Å². The molecular weight excluding hydrogens is 608 g/mol. The van der Waals surface area contributed by atoms with Crippen molar-refractivity contribution in [3.05, 3.63) is 51.5 Å². The summed E-state index contributed by atoms with van der Waals surface area (Å²) in [4.78, 5) is 28.6. The number of nitrogens with zero attached hydrogens (tertiary/aromatic N) is 2. The van der Waals surface area contributed by atoms with Gasteiger partial charge in [0.15, 0.2) is 0 Å². The van der Waals surface area contributed by atoms with E-state index in [1.165, 1.54) is 44.1 Å². The monoisotopic (exact) mass is 652 g/mol. The fourth-order valence-corrected chi connectivity index (χ4v) is 6.28. The number of aldehydes is 1. The van der Waals surface area contributed by atoms with Crippen molar-refractivity contribution < 1.29 is 14.3 Å². The van der Waals surface area contributed by atoms with Gasteiger partial charge in [0, 0.05) is 20.8 Å². The molecule has 1 aromatic carbocycles. The molecule has 2 N–H and O–H groups in total. The molecule has 7 nitrogen and oxygen atoms in total. The molecule has 0 unspecified atom stereocenters. The number of likely N-dealkylation sites (N-methyl/N-ethyl adjacent to an activating group) is 1. The number of benzene rings is 1. The molecule has 0 radical (unpaired) electrons. The Morgan fingerprint density at radius 2 is 1.62 bits per heavy atom. The quantitative estimate of drug-likeness (QED) is 0.177. The third-order valence-electron chi connectivity index (χ3n) is 4.79. The molecule has 10 heteroatoms. The maximum absolute atomic E-state index is 9.34. The number of halogens is 1. The summed E-state index contributed by atoms with van der Waals surface area (Å²) in [5.41, 5.74) is 4.82. The highest BCUT2D eigenvalue weighted by Crippen LogP contribution is 2.42. The molecule has 222 valence electrons. The summed E-state index contributed by atoms with van der Waals surface area (Å²) >= 11 is 7.23. The zero-order valence-electron chi connectivity index (χ0n) is 25.0. The number of hydrogen-bond donors (Lipinski definition) is 2. The van der Waals surface area contributed by atoms with Gasteiger partial charge < -0.3 is 19.8 Å². The minimum absolute atomic E-state index is 0.375. The minimum atomic E-state index is 0.375. The SMILES string of the molecule is CC.CCC.CCCN(C)Cc1ncc(-c2ccc(-c3csc4c(Br)csc34)cc2)[nH]1.CNCC=O.COC=O. The molecule has 0 bridgehead atoms. The molecule has 0 saturated heterocycles. The number of rotatable bonds is 9. The van der Waals surface area contributed by atoms with Crippen LogP contribution in [0.3, 0.4) is 0 Å². The fraction of sp³-hybridized carbons (Fsp3) is 0.433. The number of carbonyl (C=O) groups excluding carboxylic acids is 2. The van der Waals surface area contributed by atoms with Gasteiger partial charge in [0.05, 0.1) is 41.5 Å². The molecule has 0 saturated carbocycles. The van der Waals surface area contributed by atoms with Crippen LogP contribution < -0.4 is 5.32 Å². The van der Waals surface area contributed by atoms with E-state index in [1.54, 1.807) is 29.7 Å². The number of thiophene rings is 2. The number of fused-ring (bicyclic) bond motifs is 1. The van der Waals surface area contributed by atoms with E-state index in [9.17, 15) is 4.79 Å². The molecule has 0 fully saturated rings. The van der Waals surface area contributed by atoms with Crippen LogP contribution in [-0.2, 0) is 20.9 Å². The van der Waals surface area contributed by atoms with E-state index in [1.807, 2.05) is 20.0 Å². The predicted molar refractivity (Wildman–Crippen MR) is 177 cm³/mol. The molecule has 0 aliphatic carbocycles. The van der Waals surface area contributed by atoms with Crippen LogP contribution in [0.4, 0.5) is 0 Å². The van der Waals surface area contributed by atoms with Crippen molar-refractivity contribution in [2.24, 2.45) is 0 Å². The number of carbonyl (C=O) groups is 2. The van der Waals surface area contributed by atoms with E-state index in [0.717, 1.165) is 37.3 Å². The zero-order valence-corrected chi connectivity index (χ0v) is 28.3. The highest BCUT2D eigenvalue weighted by Gasteiger charge is 2.12. The van der Waals surface area contributed by atoms with Gasteiger partial charge >= 0.3 is 0 Å². The highest BCUT2D eigenvalue weighted by molar-refractivity contribution is 9.10. The van der Waals surface area contributed by atoms with Crippen molar-refractivity contribution in [2.45, 2.75) is 54.0 Å². The van der Waals surface area contributed by atoms with Crippen LogP contribution in [0, 0.1) is 0 Å². The molecule has 4 rings (SSSR count). The van der Waals surface area contributed by atoms with Crippen LogP contribution in [0.15, 0.2) is 45.7 Å². The van der Waals surface area contributed by atoms with Gasteiger partial charge in [-0.1, -0.05) is 65.3 Å². The van der Waals surface area contributed by atoms with Crippen molar-refractivity contribution in [1.82, 2.24) is 20.2 Å². The lowest BCUT2D eigenvalue weighted by Crippen LogP contribution is -2.19. The molecule has 0 amide bonds. The lowest BCUT2D eigenvalue weighted by Gasteiger charge is -2.13. The van der Waals surface area contributed by atoms with Crippen molar-refractivity contribution >= 4 is 60.8 Å². The highest BCUT2D eigenvalue weighted by atomic mass is 79.9. The van der Waals surface area contributed by atoms with Gasteiger partial charge in [-0.2, -0.15) is 0 Å². The summed E-state index contributed by atoms with van der Waals surface area (Å²) in [6.07, 6.45) is 5.16. The molecule has 0 spiro atoms. The Morgan fingerprint density at radius 3 is 2.12 bits per heavy atom. The topological polar surface area (TPSA) is 87.3 Å². The number of H-pyrrole nitrogens is 1. The summed E-state index contributed by atoms with van der Waals surface area (Å²) in [7, 11) is 5.17. The Morgan fingerprint density at radius 1 is 1.05 bits per heavy atom. The van der Waals surface area contributed by atoms with Crippen LogP contribution in [0.1, 0.15) is 53.3 Å². The maximum atomic E-state index is 9.34. The molecule has 3 aromatic heterocycles. The van der Waals surface area contributed by atoms with E-state index < -0.39 is 0 Å². The number of imidazole rings is 1. The van der Waals surface area contributed by atoms with Crippen LogP contribution >= 0.6 is 38.6 Å². The van der Waals surface area contributed by atoms with E-state index >= 15 is 0 Å². The van der Waals surface area contributed by atoms with Crippen LogP contribution in [0.2, 0.25) is 0 Å². The number of nitrogens with one attached hydrogen (secondary N) is 2. The number of hydrogen-bond acceptors (Lipinski definition) is 8. The number of methoxy groups -OCH3 is 1. The number of aromatic amines is 1. The van der Waals surface area contributed by atoms with Crippen molar-refractivity contribution in [3.8, 4) is 22.4 Å². The molecule has 3 heterocycles. The second-order valence-corrected chi connectivity index (χ2v) is 10.8. The fourth-order valence-electron chi connectivity index (χ4n) is 3.21. The number of ether oxygens (including phenoxy) is 1. The van der Waals surface area contributed by atoms with Crippen LogP contribution in [0.5, 0.6) is 0 Å². The maximum Gasteiger partial charge on any atom is 0.292 e. The van der Waals surface area contributed by atoms with E-state index in [-0.39, 0.29) is 0 Å². The predicted octanol–water partition coefficient (Wildman–Crippen LogP) is 8.26. The Bertz CT molecular complexity index is 1190. The molecule has 40 heavy (non-hydrogen) atoms. The van der Waals surface area contributed by atoms with Gasteiger partial charge in [0.25, 0.3) is 6.47 Å². The first-order chi connectivity index (χ1) is 19.4. The van der Waals surface area contributed by atoms with Crippen LogP contribution in [0.25, 0.3) is 31.8 Å². The van der Waals surface area contributed by atoms with Gasteiger partial charge in [0.1, 0.15) is 12.1 Å². The summed E-state index contributed by atoms with van der Waals surface area (Å²) < 4.78 is 7.75. The Kier molecular flexibility index (Phi) is 22.0. The second-order valence-electron chi connectivity index (χ2n) is 8.21. The van der Waals surface area contributed by atoms with E-state index in [0.29, 0.717) is 13.0 Å². The zero-order chi connectivity index (χ0) is 30.3. The minimum Gasteiger partial charge on any atom is -0.471 e. The van der Waals surface area contributed by atoms with Gasteiger partial charge in [-0.15, -0.1) is 22.7 Å². The van der Waals surface area contributed by atoms with Gasteiger partial charge in [-0.25, -0.2) is 4.98 Å². The lowest BCUT2D eigenvalue weighted by atomic mass is 10.1. The first-order valence-electron chi connectivity index (χ1n) is 13.4. The van der Waals surface area contributed by atoms with E-state index in [4.69, 9.17) is 4.79 Å². The van der Waals surface area contributed by atoms with Gasteiger partial charge in [0.2, 0.25) is 0 Å². The molecule has 4 aromatic rings.